The molecule has 0 amide bonds. The summed E-state index contributed by atoms with van der Waals surface area (Å²) in [7, 11) is 1.38. The third-order valence-electron chi connectivity index (χ3n) is 4.13. The molecule has 0 radical (unpaired) electrons. The molecule has 0 aliphatic heterocycles. The second-order valence-electron chi connectivity index (χ2n) is 6.04. The molecule has 1 aromatic heterocycles. The Morgan fingerprint density at radius 2 is 1.85 bits per heavy atom. The summed E-state index contributed by atoms with van der Waals surface area (Å²) in [5.74, 6) is 0.964. The molecule has 134 valence electrons. The van der Waals surface area contributed by atoms with E-state index in [1.807, 2.05) is 67.6 Å². The van der Waals surface area contributed by atoms with Gasteiger partial charge in [0.25, 0.3) is 0 Å². The topological polar surface area (TPSA) is 61.6 Å². The number of hydrogen-bond donors (Lipinski definition) is 0. The number of rotatable bonds is 7. The molecule has 3 aromatic rings. The van der Waals surface area contributed by atoms with E-state index >= 15 is 0 Å². The quantitative estimate of drug-likeness (QED) is 0.595. The number of esters is 1. The molecule has 1 heterocycles. The van der Waals surface area contributed by atoms with Crippen molar-refractivity contribution in [1.82, 2.24) is 5.16 Å². The maximum Gasteiger partial charge on any atom is 0.306 e. The highest BCUT2D eigenvalue weighted by Crippen LogP contribution is 2.29. The number of carbonyl (C=O) groups excluding carboxylic acids is 1. The summed E-state index contributed by atoms with van der Waals surface area (Å²) < 4.78 is 15.8. The number of benzene rings is 2. The second-order valence-corrected chi connectivity index (χ2v) is 6.04. The van der Waals surface area contributed by atoms with Crippen molar-refractivity contribution in [3.8, 4) is 5.75 Å². The van der Waals surface area contributed by atoms with Gasteiger partial charge in [-0.15, -0.1) is 0 Å². The third kappa shape index (κ3) is 4.51. The average molecular weight is 351 g/mol. The van der Waals surface area contributed by atoms with E-state index < -0.39 is 0 Å². The van der Waals surface area contributed by atoms with Gasteiger partial charge in [0.1, 0.15) is 18.1 Å². The molecule has 2 aromatic carbocycles. The molecular weight excluding hydrogens is 330 g/mol. The fourth-order valence-corrected chi connectivity index (χ4v) is 2.73. The summed E-state index contributed by atoms with van der Waals surface area (Å²) in [6.45, 7) is 2.33. The highest BCUT2D eigenvalue weighted by atomic mass is 16.5. The molecule has 5 heteroatoms. The second kappa shape index (κ2) is 8.34. The van der Waals surface area contributed by atoms with Gasteiger partial charge in [0.15, 0.2) is 0 Å². The zero-order valence-corrected chi connectivity index (χ0v) is 14.8. The maximum absolute atomic E-state index is 11.8. The molecule has 0 aliphatic carbocycles. The minimum absolute atomic E-state index is 0.201. The van der Waals surface area contributed by atoms with Gasteiger partial charge >= 0.3 is 5.97 Å². The minimum Gasteiger partial charge on any atom is -0.489 e. The number of nitrogens with zero attached hydrogens (tertiary/aromatic N) is 1. The van der Waals surface area contributed by atoms with Crippen LogP contribution in [0.25, 0.3) is 0 Å². The zero-order valence-electron chi connectivity index (χ0n) is 14.8. The Balaban J connectivity index is 1.74. The average Bonchev–Trinajstić information content (AvgIpc) is 3.11. The van der Waals surface area contributed by atoms with Crippen molar-refractivity contribution < 1.29 is 18.8 Å². The molecule has 3 rings (SSSR count). The first-order valence-electron chi connectivity index (χ1n) is 8.42. The van der Waals surface area contributed by atoms with Gasteiger partial charge in [-0.1, -0.05) is 47.6 Å². The van der Waals surface area contributed by atoms with Crippen LogP contribution in [-0.4, -0.2) is 18.2 Å². The van der Waals surface area contributed by atoms with Crippen LogP contribution in [0, 0.1) is 6.92 Å². The Bertz CT molecular complexity index is 840. The van der Waals surface area contributed by atoms with Crippen LogP contribution in [0.3, 0.4) is 0 Å². The lowest BCUT2D eigenvalue weighted by molar-refractivity contribution is -0.140. The van der Waals surface area contributed by atoms with Gasteiger partial charge in [-0.3, -0.25) is 4.79 Å². The number of aryl methyl sites for hydroxylation is 1. The van der Waals surface area contributed by atoms with E-state index in [2.05, 4.69) is 5.16 Å². The lowest BCUT2D eigenvalue weighted by Gasteiger charge is -2.14. The number of methoxy groups -OCH3 is 1. The fraction of sp³-hybridized carbons (Fsp3) is 0.238. The van der Waals surface area contributed by atoms with E-state index in [0.717, 1.165) is 16.9 Å². The van der Waals surface area contributed by atoms with E-state index in [9.17, 15) is 4.79 Å². The summed E-state index contributed by atoms with van der Waals surface area (Å²) in [5, 5.41) is 4.06. The van der Waals surface area contributed by atoms with Crippen molar-refractivity contribution in [2.75, 3.05) is 7.11 Å². The van der Waals surface area contributed by atoms with Crippen LogP contribution in [0.1, 0.15) is 34.9 Å². The van der Waals surface area contributed by atoms with E-state index in [4.69, 9.17) is 14.0 Å². The van der Waals surface area contributed by atoms with Crippen LogP contribution in [-0.2, 0) is 16.1 Å². The first-order valence-corrected chi connectivity index (χ1v) is 8.42. The summed E-state index contributed by atoms with van der Waals surface area (Å²) in [6, 6.07) is 19.5. The van der Waals surface area contributed by atoms with Gasteiger partial charge in [-0.05, 0) is 30.2 Å². The van der Waals surface area contributed by atoms with E-state index in [0.29, 0.717) is 18.1 Å². The molecule has 0 N–H and O–H groups in total. The molecule has 0 saturated carbocycles. The minimum atomic E-state index is -0.292. The molecular formula is C21H21NO4. The van der Waals surface area contributed by atoms with E-state index in [1.165, 1.54) is 7.11 Å². The molecule has 0 spiro atoms. The molecule has 1 atom stereocenters. The van der Waals surface area contributed by atoms with Crippen molar-refractivity contribution in [3.05, 3.63) is 83.2 Å². The molecule has 0 unspecified atom stereocenters. The van der Waals surface area contributed by atoms with Crippen molar-refractivity contribution >= 4 is 5.97 Å². The van der Waals surface area contributed by atoms with E-state index in [1.54, 1.807) is 0 Å². The first-order chi connectivity index (χ1) is 12.7. The predicted octanol–water partition coefficient (Wildman–Crippen LogP) is 4.26. The van der Waals surface area contributed by atoms with Crippen molar-refractivity contribution in [2.24, 2.45) is 0 Å². The molecule has 26 heavy (non-hydrogen) atoms. The summed E-state index contributed by atoms with van der Waals surface area (Å²) in [5.41, 5.74) is 2.78. The Morgan fingerprint density at radius 1 is 1.12 bits per heavy atom. The molecule has 0 aliphatic rings. The number of carbonyl (C=O) groups is 1. The predicted molar refractivity (Wildman–Crippen MR) is 96.9 cm³/mol. The summed E-state index contributed by atoms with van der Waals surface area (Å²) in [6.07, 6.45) is 0.201. The summed E-state index contributed by atoms with van der Waals surface area (Å²) >= 11 is 0. The highest BCUT2D eigenvalue weighted by molar-refractivity contribution is 5.71. The standard InChI is InChI=1S/C21H21NO4/c1-15-12-20(22-26-15)19(13-21(23)24-2)17-8-10-18(11-9-17)25-14-16-6-4-3-5-7-16/h3-12,19H,13-14H2,1-2H3/t19-/m0/s1. The number of ether oxygens (including phenoxy) is 2. The Hall–Kier alpha value is -3.08. The molecule has 5 nitrogen and oxygen atoms in total. The van der Waals surface area contributed by atoms with Crippen molar-refractivity contribution in [1.29, 1.82) is 0 Å². The zero-order chi connectivity index (χ0) is 18.4. The SMILES string of the molecule is COC(=O)C[C@@H](c1ccc(OCc2ccccc2)cc1)c1cc(C)on1. The Kier molecular flexibility index (Phi) is 5.69. The van der Waals surface area contributed by atoms with Crippen LogP contribution in [0.5, 0.6) is 5.75 Å². The largest absolute Gasteiger partial charge is 0.489 e. The van der Waals surface area contributed by atoms with Crippen molar-refractivity contribution in [3.63, 3.8) is 0 Å². The van der Waals surface area contributed by atoms with Crippen molar-refractivity contribution in [2.45, 2.75) is 25.9 Å². The van der Waals surface area contributed by atoms with Gasteiger partial charge in [0.2, 0.25) is 0 Å². The maximum atomic E-state index is 11.8. The third-order valence-corrected chi connectivity index (χ3v) is 4.13. The number of hydrogen-bond acceptors (Lipinski definition) is 5. The molecule has 0 fully saturated rings. The van der Waals surface area contributed by atoms with E-state index in [-0.39, 0.29) is 18.3 Å². The smallest absolute Gasteiger partial charge is 0.306 e. The fourth-order valence-electron chi connectivity index (χ4n) is 2.73. The highest BCUT2D eigenvalue weighted by Gasteiger charge is 2.22. The van der Waals surface area contributed by atoms with Crippen LogP contribution in [0.2, 0.25) is 0 Å². The van der Waals surface area contributed by atoms with Gasteiger partial charge in [0.05, 0.1) is 19.2 Å². The monoisotopic (exact) mass is 351 g/mol. The lowest BCUT2D eigenvalue weighted by Crippen LogP contribution is -2.10. The van der Waals surface area contributed by atoms with Gasteiger partial charge < -0.3 is 14.0 Å². The van der Waals surface area contributed by atoms with Crippen LogP contribution in [0.4, 0.5) is 0 Å². The molecule has 0 saturated heterocycles. The normalized spacial score (nSPS) is 11.8. The molecule has 0 bridgehead atoms. The first kappa shape index (κ1) is 17.7. The lowest BCUT2D eigenvalue weighted by atomic mass is 9.92. The summed E-state index contributed by atoms with van der Waals surface area (Å²) in [4.78, 5) is 11.8. The van der Waals surface area contributed by atoms with Gasteiger partial charge in [-0.25, -0.2) is 0 Å². The van der Waals surface area contributed by atoms with Crippen LogP contribution in [0.15, 0.2) is 65.2 Å². The van der Waals surface area contributed by atoms with Crippen LogP contribution >= 0.6 is 0 Å². The van der Waals surface area contributed by atoms with Gasteiger partial charge in [-0.2, -0.15) is 0 Å². The van der Waals surface area contributed by atoms with Gasteiger partial charge in [0, 0.05) is 12.0 Å². The Labute approximate surface area is 152 Å². The number of aromatic nitrogens is 1. The van der Waals surface area contributed by atoms with Crippen LogP contribution < -0.4 is 4.74 Å². The Morgan fingerprint density at radius 3 is 2.46 bits per heavy atom.